The van der Waals surface area contributed by atoms with Gasteiger partial charge < -0.3 is 10.5 Å². The standard InChI is InChI=1S/C15H25NO/c1-5-12(2)13-8-6-7-9-14(13)17-11-15(3,4)10-16/h6-9,12H,5,10-11,16H2,1-4H3. The monoisotopic (exact) mass is 235 g/mol. The van der Waals surface area contributed by atoms with Crippen molar-refractivity contribution in [2.45, 2.75) is 40.0 Å². The molecule has 96 valence electrons. The van der Waals surface area contributed by atoms with Gasteiger partial charge in [-0.1, -0.05) is 45.9 Å². The molecule has 0 aliphatic carbocycles. The summed E-state index contributed by atoms with van der Waals surface area (Å²) in [6.07, 6.45) is 1.13. The smallest absolute Gasteiger partial charge is 0.122 e. The van der Waals surface area contributed by atoms with Crippen LogP contribution in [0.1, 0.15) is 45.6 Å². The van der Waals surface area contributed by atoms with Crippen LogP contribution in [0.25, 0.3) is 0 Å². The summed E-state index contributed by atoms with van der Waals surface area (Å²) in [5.41, 5.74) is 7.04. The lowest BCUT2D eigenvalue weighted by Gasteiger charge is -2.24. The Balaban J connectivity index is 2.77. The van der Waals surface area contributed by atoms with Crippen molar-refractivity contribution in [3.8, 4) is 5.75 Å². The molecule has 1 rings (SSSR count). The minimum Gasteiger partial charge on any atom is -0.493 e. The van der Waals surface area contributed by atoms with Crippen LogP contribution in [0, 0.1) is 5.41 Å². The number of ether oxygens (including phenoxy) is 1. The molecule has 0 aliphatic heterocycles. The van der Waals surface area contributed by atoms with Gasteiger partial charge in [-0.25, -0.2) is 0 Å². The molecule has 0 aromatic heterocycles. The van der Waals surface area contributed by atoms with Gasteiger partial charge in [-0.15, -0.1) is 0 Å². The fourth-order valence-corrected chi connectivity index (χ4v) is 1.57. The van der Waals surface area contributed by atoms with Crippen LogP contribution in [-0.2, 0) is 0 Å². The van der Waals surface area contributed by atoms with Gasteiger partial charge in [0, 0.05) is 12.0 Å². The van der Waals surface area contributed by atoms with Gasteiger partial charge >= 0.3 is 0 Å². The van der Waals surface area contributed by atoms with Crippen LogP contribution < -0.4 is 10.5 Å². The average Bonchev–Trinajstić information content (AvgIpc) is 2.36. The molecule has 1 unspecified atom stereocenters. The largest absolute Gasteiger partial charge is 0.493 e. The number of hydrogen-bond acceptors (Lipinski definition) is 2. The van der Waals surface area contributed by atoms with E-state index in [1.165, 1.54) is 5.56 Å². The topological polar surface area (TPSA) is 35.2 Å². The maximum absolute atomic E-state index is 5.94. The highest BCUT2D eigenvalue weighted by atomic mass is 16.5. The molecule has 1 aromatic rings. The van der Waals surface area contributed by atoms with E-state index in [1.54, 1.807) is 0 Å². The summed E-state index contributed by atoms with van der Waals surface area (Å²) in [5, 5.41) is 0. The Hall–Kier alpha value is -1.02. The van der Waals surface area contributed by atoms with Crippen molar-refractivity contribution in [2.75, 3.05) is 13.2 Å². The maximum atomic E-state index is 5.94. The average molecular weight is 235 g/mol. The Kier molecular flexibility index (Phi) is 5.01. The highest BCUT2D eigenvalue weighted by Gasteiger charge is 2.18. The Morgan fingerprint density at radius 1 is 1.29 bits per heavy atom. The molecular formula is C15H25NO. The molecule has 0 bridgehead atoms. The van der Waals surface area contributed by atoms with E-state index < -0.39 is 0 Å². The molecular weight excluding hydrogens is 210 g/mol. The van der Waals surface area contributed by atoms with Crippen molar-refractivity contribution in [2.24, 2.45) is 11.1 Å². The Labute approximate surface area is 105 Å². The van der Waals surface area contributed by atoms with E-state index in [0.29, 0.717) is 19.1 Å². The van der Waals surface area contributed by atoms with Gasteiger partial charge in [0.2, 0.25) is 0 Å². The molecule has 2 N–H and O–H groups in total. The minimum atomic E-state index is 0.0303. The second kappa shape index (κ2) is 6.06. The van der Waals surface area contributed by atoms with Gasteiger partial charge in [0.15, 0.2) is 0 Å². The minimum absolute atomic E-state index is 0.0303. The summed E-state index contributed by atoms with van der Waals surface area (Å²) >= 11 is 0. The van der Waals surface area contributed by atoms with E-state index in [-0.39, 0.29) is 5.41 Å². The van der Waals surface area contributed by atoms with Gasteiger partial charge in [0.1, 0.15) is 5.75 Å². The number of para-hydroxylation sites is 1. The third-order valence-corrected chi connectivity index (χ3v) is 3.23. The van der Waals surface area contributed by atoms with Gasteiger partial charge in [0.25, 0.3) is 0 Å². The lowest BCUT2D eigenvalue weighted by molar-refractivity contribution is 0.185. The summed E-state index contributed by atoms with van der Waals surface area (Å²) in [5.74, 6) is 1.54. The van der Waals surface area contributed by atoms with E-state index in [0.717, 1.165) is 12.2 Å². The quantitative estimate of drug-likeness (QED) is 0.818. The summed E-state index contributed by atoms with van der Waals surface area (Å²) in [7, 11) is 0. The van der Waals surface area contributed by atoms with Crippen LogP contribution in [0.5, 0.6) is 5.75 Å². The first-order chi connectivity index (χ1) is 8.00. The number of benzene rings is 1. The number of nitrogens with two attached hydrogens (primary N) is 1. The van der Waals surface area contributed by atoms with Crippen molar-refractivity contribution < 1.29 is 4.74 Å². The molecule has 0 spiro atoms. The Morgan fingerprint density at radius 2 is 1.94 bits per heavy atom. The highest BCUT2D eigenvalue weighted by molar-refractivity contribution is 5.35. The van der Waals surface area contributed by atoms with Crippen molar-refractivity contribution in [1.82, 2.24) is 0 Å². The zero-order chi connectivity index (χ0) is 12.9. The van der Waals surface area contributed by atoms with Gasteiger partial charge in [-0.05, 0) is 24.0 Å². The SMILES string of the molecule is CCC(C)c1ccccc1OCC(C)(C)CN. The lowest BCUT2D eigenvalue weighted by Crippen LogP contribution is -2.30. The second-order valence-corrected chi connectivity index (χ2v) is 5.50. The molecule has 0 heterocycles. The van der Waals surface area contributed by atoms with Crippen LogP contribution in [0.15, 0.2) is 24.3 Å². The molecule has 0 fully saturated rings. The molecule has 0 saturated carbocycles. The van der Waals surface area contributed by atoms with E-state index in [2.05, 4.69) is 39.8 Å². The highest BCUT2D eigenvalue weighted by Crippen LogP contribution is 2.29. The fraction of sp³-hybridized carbons (Fsp3) is 0.600. The number of rotatable bonds is 6. The second-order valence-electron chi connectivity index (χ2n) is 5.50. The molecule has 0 amide bonds. The third kappa shape index (κ3) is 4.04. The lowest BCUT2D eigenvalue weighted by atomic mass is 9.95. The van der Waals surface area contributed by atoms with Crippen molar-refractivity contribution in [1.29, 1.82) is 0 Å². The maximum Gasteiger partial charge on any atom is 0.122 e. The summed E-state index contributed by atoms with van der Waals surface area (Å²) in [6.45, 7) is 9.98. The van der Waals surface area contributed by atoms with Crippen LogP contribution in [0.4, 0.5) is 0 Å². The van der Waals surface area contributed by atoms with Crippen LogP contribution in [0.3, 0.4) is 0 Å². The Bertz CT molecular complexity index is 347. The first kappa shape index (κ1) is 14.0. The molecule has 17 heavy (non-hydrogen) atoms. The summed E-state index contributed by atoms with van der Waals surface area (Å²) in [6, 6.07) is 8.30. The molecule has 1 aromatic carbocycles. The van der Waals surface area contributed by atoms with Crippen molar-refractivity contribution >= 4 is 0 Å². The van der Waals surface area contributed by atoms with E-state index >= 15 is 0 Å². The predicted molar refractivity (Wildman–Crippen MR) is 73.5 cm³/mol. The summed E-state index contributed by atoms with van der Waals surface area (Å²) in [4.78, 5) is 0. The molecule has 0 aliphatic rings. The first-order valence-corrected chi connectivity index (χ1v) is 6.42. The van der Waals surface area contributed by atoms with Gasteiger partial charge in [0.05, 0.1) is 6.61 Å². The van der Waals surface area contributed by atoms with Crippen LogP contribution >= 0.6 is 0 Å². The van der Waals surface area contributed by atoms with Gasteiger partial charge in [-0.2, -0.15) is 0 Å². The van der Waals surface area contributed by atoms with Crippen molar-refractivity contribution in [3.63, 3.8) is 0 Å². The van der Waals surface area contributed by atoms with E-state index in [9.17, 15) is 0 Å². The third-order valence-electron chi connectivity index (χ3n) is 3.23. The van der Waals surface area contributed by atoms with Crippen LogP contribution in [-0.4, -0.2) is 13.2 Å². The van der Waals surface area contributed by atoms with Crippen molar-refractivity contribution in [3.05, 3.63) is 29.8 Å². The number of hydrogen-bond donors (Lipinski definition) is 1. The normalized spacial score (nSPS) is 13.5. The van der Waals surface area contributed by atoms with E-state index in [1.807, 2.05) is 12.1 Å². The molecule has 2 nitrogen and oxygen atoms in total. The fourth-order valence-electron chi connectivity index (χ4n) is 1.57. The molecule has 2 heteroatoms. The van der Waals surface area contributed by atoms with Crippen LogP contribution in [0.2, 0.25) is 0 Å². The predicted octanol–water partition coefficient (Wildman–Crippen LogP) is 3.56. The molecule has 0 radical (unpaired) electrons. The zero-order valence-electron chi connectivity index (χ0n) is 11.5. The first-order valence-electron chi connectivity index (χ1n) is 6.42. The molecule has 1 atom stereocenters. The summed E-state index contributed by atoms with van der Waals surface area (Å²) < 4.78 is 5.94. The zero-order valence-corrected chi connectivity index (χ0v) is 11.5. The van der Waals surface area contributed by atoms with Gasteiger partial charge in [-0.3, -0.25) is 0 Å². The molecule has 0 saturated heterocycles. The Morgan fingerprint density at radius 3 is 2.53 bits per heavy atom. The van der Waals surface area contributed by atoms with E-state index in [4.69, 9.17) is 10.5 Å².